The summed E-state index contributed by atoms with van der Waals surface area (Å²) in [6.45, 7) is 0.511. The molecule has 0 radical (unpaired) electrons. The van der Waals surface area contributed by atoms with Crippen LogP contribution in [0.5, 0.6) is 11.5 Å². The van der Waals surface area contributed by atoms with Crippen molar-refractivity contribution in [2.24, 2.45) is 0 Å². The Kier molecular flexibility index (Phi) is 3.83. The first-order valence-corrected chi connectivity index (χ1v) is 7.02. The molecular formula is C18H17NO3. The van der Waals surface area contributed by atoms with Crippen LogP contribution < -0.4 is 15.0 Å². The predicted molar refractivity (Wildman–Crippen MR) is 86.9 cm³/mol. The Bertz CT molecular complexity index is 850. The monoisotopic (exact) mass is 295 g/mol. The Morgan fingerprint density at radius 3 is 2.41 bits per heavy atom. The summed E-state index contributed by atoms with van der Waals surface area (Å²) in [6, 6.07) is 15.2. The maximum absolute atomic E-state index is 12.7. The van der Waals surface area contributed by atoms with Gasteiger partial charge in [0.25, 0.3) is 5.56 Å². The van der Waals surface area contributed by atoms with E-state index in [0.29, 0.717) is 17.7 Å². The first kappa shape index (κ1) is 14.2. The Labute approximate surface area is 128 Å². The molecule has 0 aliphatic carbocycles. The second kappa shape index (κ2) is 5.93. The third-order valence-corrected chi connectivity index (χ3v) is 3.70. The molecule has 0 aliphatic rings. The van der Waals surface area contributed by atoms with Crippen LogP contribution in [0.1, 0.15) is 5.56 Å². The lowest BCUT2D eigenvalue weighted by Gasteiger charge is -2.10. The summed E-state index contributed by atoms with van der Waals surface area (Å²) < 4.78 is 12.1. The SMILES string of the molecule is COc1ccc(Cn2ccc3cccc(OC)c3c2=O)cc1. The molecule has 3 rings (SSSR count). The van der Waals surface area contributed by atoms with Gasteiger partial charge in [-0.05, 0) is 35.2 Å². The molecule has 4 nitrogen and oxygen atoms in total. The minimum absolute atomic E-state index is 0.0502. The van der Waals surface area contributed by atoms with Gasteiger partial charge in [0, 0.05) is 6.20 Å². The summed E-state index contributed by atoms with van der Waals surface area (Å²) in [5.74, 6) is 1.41. The maximum atomic E-state index is 12.7. The highest BCUT2D eigenvalue weighted by Gasteiger charge is 2.08. The Morgan fingerprint density at radius 1 is 0.955 bits per heavy atom. The highest BCUT2D eigenvalue weighted by Crippen LogP contribution is 2.21. The number of aromatic nitrogens is 1. The third-order valence-electron chi connectivity index (χ3n) is 3.70. The van der Waals surface area contributed by atoms with Gasteiger partial charge in [0.15, 0.2) is 0 Å². The van der Waals surface area contributed by atoms with Crippen LogP contribution in [0.3, 0.4) is 0 Å². The number of benzene rings is 2. The molecule has 4 heteroatoms. The zero-order chi connectivity index (χ0) is 15.5. The van der Waals surface area contributed by atoms with Crippen molar-refractivity contribution >= 4 is 10.8 Å². The molecule has 0 atom stereocenters. The molecule has 2 aromatic carbocycles. The van der Waals surface area contributed by atoms with Crippen LogP contribution in [0.2, 0.25) is 0 Å². The molecule has 1 aromatic heterocycles. The third kappa shape index (κ3) is 2.55. The molecule has 0 unspecified atom stereocenters. The smallest absolute Gasteiger partial charge is 0.262 e. The van der Waals surface area contributed by atoms with E-state index >= 15 is 0 Å². The van der Waals surface area contributed by atoms with Crippen LogP contribution >= 0.6 is 0 Å². The lowest BCUT2D eigenvalue weighted by atomic mass is 10.1. The molecule has 22 heavy (non-hydrogen) atoms. The standard InChI is InChI=1S/C18H17NO3/c1-21-15-8-6-13(7-9-15)12-19-11-10-14-4-3-5-16(22-2)17(14)18(19)20/h3-11H,12H2,1-2H3. The Hall–Kier alpha value is -2.75. The van der Waals surface area contributed by atoms with Crippen molar-refractivity contribution in [3.8, 4) is 11.5 Å². The summed E-state index contributed by atoms with van der Waals surface area (Å²) in [5.41, 5.74) is 0.989. The highest BCUT2D eigenvalue weighted by molar-refractivity contribution is 5.87. The Morgan fingerprint density at radius 2 is 1.73 bits per heavy atom. The molecule has 0 saturated heterocycles. The summed E-state index contributed by atoms with van der Waals surface area (Å²) in [7, 11) is 3.21. The van der Waals surface area contributed by atoms with Gasteiger partial charge in [0.2, 0.25) is 0 Å². The number of ether oxygens (including phenoxy) is 2. The van der Waals surface area contributed by atoms with Gasteiger partial charge >= 0.3 is 0 Å². The van der Waals surface area contributed by atoms with E-state index in [1.165, 1.54) is 0 Å². The van der Waals surface area contributed by atoms with Crippen molar-refractivity contribution in [1.29, 1.82) is 0 Å². The van der Waals surface area contributed by atoms with Gasteiger partial charge in [0.1, 0.15) is 11.5 Å². The van der Waals surface area contributed by atoms with Crippen molar-refractivity contribution in [2.75, 3.05) is 14.2 Å². The topological polar surface area (TPSA) is 40.5 Å². The van der Waals surface area contributed by atoms with Crippen LogP contribution in [0.25, 0.3) is 10.8 Å². The number of hydrogen-bond donors (Lipinski definition) is 0. The predicted octanol–water partition coefficient (Wildman–Crippen LogP) is 3.07. The number of methoxy groups -OCH3 is 2. The normalized spacial score (nSPS) is 10.6. The molecule has 112 valence electrons. The van der Waals surface area contributed by atoms with E-state index < -0.39 is 0 Å². The molecule has 0 N–H and O–H groups in total. The maximum Gasteiger partial charge on any atom is 0.262 e. The number of hydrogen-bond acceptors (Lipinski definition) is 3. The first-order valence-electron chi connectivity index (χ1n) is 7.02. The van der Waals surface area contributed by atoms with E-state index in [9.17, 15) is 4.79 Å². The second-order valence-electron chi connectivity index (χ2n) is 5.02. The summed E-state index contributed by atoms with van der Waals surface area (Å²) in [4.78, 5) is 12.7. The van der Waals surface area contributed by atoms with Gasteiger partial charge in [-0.3, -0.25) is 4.79 Å². The zero-order valence-corrected chi connectivity index (χ0v) is 12.6. The van der Waals surface area contributed by atoms with Gasteiger partial charge in [-0.25, -0.2) is 0 Å². The molecule has 0 aliphatic heterocycles. The van der Waals surface area contributed by atoms with Crippen LogP contribution in [-0.2, 0) is 6.54 Å². The van der Waals surface area contributed by atoms with Gasteiger partial charge in [-0.15, -0.1) is 0 Å². The molecule has 0 spiro atoms. The van der Waals surface area contributed by atoms with Crippen molar-refractivity contribution in [2.45, 2.75) is 6.54 Å². The van der Waals surface area contributed by atoms with Gasteiger partial charge in [-0.2, -0.15) is 0 Å². The van der Waals surface area contributed by atoms with Crippen molar-refractivity contribution in [1.82, 2.24) is 4.57 Å². The zero-order valence-electron chi connectivity index (χ0n) is 12.6. The number of nitrogens with zero attached hydrogens (tertiary/aromatic N) is 1. The summed E-state index contributed by atoms with van der Waals surface area (Å²) in [6.07, 6.45) is 1.81. The van der Waals surface area contributed by atoms with Crippen molar-refractivity contribution < 1.29 is 9.47 Å². The lowest BCUT2D eigenvalue weighted by molar-refractivity contribution is 0.414. The molecule has 0 saturated carbocycles. The lowest BCUT2D eigenvalue weighted by Crippen LogP contribution is -2.20. The minimum Gasteiger partial charge on any atom is -0.497 e. The van der Waals surface area contributed by atoms with Crippen LogP contribution in [-0.4, -0.2) is 18.8 Å². The number of fused-ring (bicyclic) bond motifs is 1. The number of rotatable bonds is 4. The highest BCUT2D eigenvalue weighted by atomic mass is 16.5. The van der Waals surface area contributed by atoms with E-state index in [1.54, 1.807) is 24.9 Å². The Balaban J connectivity index is 2.03. The second-order valence-corrected chi connectivity index (χ2v) is 5.02. The molecule has 0 bridgehead atoms. The molecule has 0 amide bonds. The number of pyridine rings is 1. The fourth-order valence-corrected chi connectivity index (χ4v) is 2.52. The van der Waals surface area contributed by atoms with Crippen molar-refractivity contribution in [3.63, 3.8) is 0 Å². The van der Waals surface area contributed by atoms with Gasteiger partial charge in [-0.1, -0.05) is 24.3 Å². The van der Waals surface area contributed by atoms with E-state index in [0.717, 1.165) is 16.7 Å². The largest absolute Gasteiger partial charge is 0.497 e. The average molecular weight is 295 g/mol. The summed E-state index contributed by atoms with van der Waals surface area (Å²) in [5, 5.41) is 1.50. The fraction of sp³-hybridized carbons (Fsp3) is 0.167. The van der Waals surface area contributed by atoms with E-state index in [4.69, 9.17) is 9.47 Å². The first-order chi connectivity index (χ1) is 10.7. The van der Waals surface area contributed by atoms with E-state index in [2.05, 4.69) is 0 Å². The molecule has 0 fully saturated rings. The molecule has 1 heterocycles. The van der Waals surface area contributed by atoms with Gasteiger partial charge < -0.3 is 14.0 Å². The fourth-order valence-electron chi connectivity index (χ4n) is 2.52. The van der Waals surface area contributed by atoms with Crippen LogP contribution in [0.15, 0.2) is 59.5 Å². The molecular weight excluding hydrogens is 278 g/mol. The van der Waals surface area contributed by atoms with Crippen LogP contribution in [0.4, 0.5) is 0 Å². The van der Waals surface area contributed by atoms with E-state index in [1.807, 2.05) is 48.7 Å². The van der Waals surface area contributed by atoms with Crippen molar-refractivity contribution in [3.05, 3.63) is 70.6 Å². The minimum atomic E-state index is -0.0502. The van der Waals surface area contributed by atoms with Gasteiger partial charge in [0.05, 0.1) is 26.2 Å². The quantitative estimate of drug-likeness (QED) is 0.742. The van der Waals surface area contributed by atoms with Crippen LogP contribution in [0, 0.1) is 0 Å². The van der Waals surface area contributed by atoms with E-state index in [-0.39, 0.29) is 5.56 Å². The molecule has 3 aromatic rings. The summed E-state index contributed by atoms with van der Waals surface area (Å²) >= 11 is 0. The average Bonchev–Trinajstić information content (AvgIpc) is 2.57.